The van der Waals surface area contributed by atoms with Gasteiger partial charge in [0.05, 0.1) is 0 Å². The molecular formula is C30H47F. The average molecular weight is 427 g/mol. The molecule has 0 aliphatic heterocycles. The molecule has 0 radical (unpaired) electrons. The second-order valence-corrected chi connectivity index (χ2v) is 10.6. The summed E-state index contributed by atoms with van der Waals surface area (Å²) >= 11 is 0. The summed E-state index contributed by atoms with van der Waals surface area (Å²) in [5, 5.41) is 0. The van der Waals surface area contributed by atoms with Gasteiger partial charge in [-0.25, -0.2) is 4.39 Å². The van der Waals surface area contributed by atoms with Gasteiger partial charge in [0.25, 0.3) is 0 Å². The summed E-state index contributed by atoms with van der Waals surface area (Å²) in [6.45, 7) is 2.30. The molecule has 1 aromatic carbocycles. The van der Waals surface area contributed by atoms with Crippen molar-refractivity contribution in [2.45, 2.75) is 122 Å². The van der Waals surface area contributed by atoms with E-state index in [1.165, 1.54) is 108 Å². The highest BCUT2D eigenvalue weighted by Gasteiger charge is 2.22. The Bertz CT molecular complexity index is 620. The Kier molecular flexibility index (Phi) is 11.2. The summed E-state index contributed by atoms with van der Waals surface area (Å²) in [7, 11) is 0. The number of aryl methyl sites for hydroxylation is 1. The van der Waals surface area contributed by atoms with Crippen LogP contribution in [0.3, 0.4) is 0 Å². The standard InChI is InChI=1S/C30H47F/c1-2-3-4-5-6-7-8-25-9-11-26(12-10-25)13-14-27-15-17-28(18-16-27)19-20-29-21-23-30(31)24-22-29/h17,21-27H,2-16,18-20H2,1H3. The van der Waals surface area contributed by atoms with Crippen molar-refractivity contribution in [2.75, 3.05) is 0 Å². The maximum absolute atomic E-state index is 13.0. The molecule has 0 aromatic heterocycles. The molecule has 1 saturated carbocycles. The fourth-order valence-electron chi connectivity index (χ4n) is 5.88. The zero-order chi connectivity index (χ0) is 21.7. The van der Waals surface area contributed by atoms with Crippen LogP contribution in [0.25, 0.3) is 0 Å². The Morgan fingerprint density at radius 1 is 0.710 bits per heavy atom. The highest BCUT2D eigenvalue weighted by Crippen LogP contribution is 2.37. The molecule has 1 aromatic rings. The van der Waals surface area contributed by atoms with Gasteiger partial charge in [0, 0.05) is 0 Å². The zero-order valence-electron chi connectivity index (χ0n) is 20.2. The number of unbranched alkanes of at least 4 members (excludes halogenated alkanes) is 5. The number of rotatable bonds is 13. The van der Waals surface area contributed by atoms with Crippen LogP contribution in [0.5, 0.6) is 0 Å². The van der Waals surface area contributed by atoms with E-state index in [1.54, 1.807) is 17.7 Å². The lowest BCUT2D eigenvalue weighted by atomic mass is 9.76. The Balaban J connectivity index is 1.23. The minimum absolute atomic E-state index is 0.130. The van der Waals surface area contributed by atoms with Crippen molar-refractivity contribution in [3.8, 4) is 0 Å². The number of hydrogen-bond acceptors (Lipinski definition) is 0. The third-order valence-electron chi connectivity index (χ3n) is 8.18. The SMILES string of the molecule is CCCCCCCCC1CCC(CCC2CC=C(CCc3ccc(F)cc3)CC2)CC1. The predicted molar refractivity (Wildman–Crippen MR) is 133 cm³/mol. The van der Waals surface area contributed by atoms with E-state index in [2.05, 4.69) is 13.0 Å². The van der Waals surface area contributed by atoms with Crippen molar-refractivity contribution in [1.29, 1.82) is 0 Å². The summed E-state index contributed by atoms with van der Waals surface area (Å²) < 4.78 is 13.0. The summed E-state index contributed by atoms with van der Waals surface area (Å²) in [5.74, 6) is 2.86. The number of allylic oxidation sites excluding steroid dienone is 2. The van der Waals surface area contributed by atoms with E-state index in [0.29, 0.717) is 0 Å². The van der Waals surface area contributed by atoms with Crippen molar-refractivity contribution in [3.05, 3.63) is 47.3 Å². The van der Waals surface area contributed by atoms with Crippen LogP contribution >= 0.6 is 0 Å². The lowest BCUT2D eigenvalue weighted by molar-refractivity contribution is 0.234. The molecule has 0 bridgehead atoms. The van der Waals surface area contributed by atoms with Crippen LogP contribution in [-0.4, -0.2) is 0 Å². The molecule has 1 unspecified atom stereocenters. The first-order valence-corrected chi connectivity index (χ1v) is 13.6. The Labute approximate surface area is 192 Å². The van der Waals surface area contributed by atoms with Gasteiger partial charge >= 0.3 is 0 Å². The molecule has 0 nitrogen and oxygen atoms in total. The number of hydrogen-bond donors (Lipinski definition) is 0. The lowest BCUT2D eigenvalue weighted by Gasteiger charge is -2.30. The largest absolute Gasteiger partial charge is 0.207 e. The van der Waals surface area contributed by atoms with E-state index in [0.717, 1.165) is 30.6 Å². The lowest BCUT2D eigenvalue weighted by Crippen LogP contribution is -2.16. The molecule has 1 fully saturated rings. The molecule has 3 rings (SSSR count). The predicted octanol–water partition coefficient (Wildman–Crippen LogP) is 9.82. The van der Waals surface area contributed by atoms with E-state index < -0.39 is 0 Å². The third kappa shape index (κ3) is 9.50. The van der Waals surface area contributed by atoms with Crippen molar-refractivity contribution in [3.63, 3.8) is 0 Å². The Hall–Kier alpha value is -1.11. The molecule has 0 amide bonds. The van der Waals surface area contributed by atoms with E-state index in [9.17, 15) is 4.39 Å². The fraction of sp³-hybridized carbons (Fsp3) is 0.733. The van der Waals surface area contributed by atoms with Gasteiger partial charge in [0.1, 0.15) is 5.82 Å². The van der Waals surface area contributed by atoms with Gasteiger partial charge in [-0.15, -0.1) is 0 Å². The van der Waals surface area contributed by atoms with E-state index >= 15 is 0 Å². The van der Waals surface area contributed by atoms with E-state index in [4.69, 9.17) is 0 Å². The topological polar surface area (TPSA) is 0 Å². The van der Waals surface area contributed by atoms with E-state index in [-0.39, 0.29) is 5.82 Å². The molecule has 174 valence electrons. The molecule has 0 N–H and O–H groups in total. The van der Waals surface area contributed by atoms with Gasteiger partial charge in [-0.1, -0.05) is 108 Å². The second kappa shape index (κ2) is 14.1. The first-order chi connectivity index (χ1) is 15.2. The Morgan fingerprint density at radius 2 is 1.35 bits per heavy atom. The van der Waals surface area contributed by atoms with Gasteiger partial charge in [0.2, 0.25) is 0 Å². The van der Waals surface area contributed by atoms with Gasteiger partial charge in [-0.2, -0.15) is 0 Å². The van der Waals surface area contributed by atoms with Crippen molar-refractivity contribution in [2.24, 2.45) is 17.8 Å². The number of halogens is 1. The van der Waals surface area contributed by atoms with Crippen LogP contribution in [0, 0.1) is 23.6 Å². The molecule has 1 atom stereocenters. The van der Waals surface area contributed by atoms with Crippen LogP contribution in [0.2, 0.25) is 0 Å². The quantitative estimate of drug-likeness (QED) is 0.217. The van der Waals surface area contributed by atoms with Crippen LogP contribution in [0.4, 0.5) is 4.39 Å². The summed E-state index contributed by atoms with van der Waals surface area (Å²) in [6.07, 6.45) is 27.9. The smallest absolute Gasteiger partial charge is 0.123 e. The molecule has 31 heavy (non-hydrogen) atoms. The highest BCUT2D eigenvalue weighted by molar-refractivity contribution is 5.18. The fourth-order valence-corrected chi connectivity index (χ4v) is 5.88. The minimum Gasteiger partial charge on any atom is -0.207 e. The molecule has 0 heterocycles. The van der Waals surface area contributed by atoms with Crippen LogP contribution in [0.15, 0.2) is 35.9 Å². The maximum atomic E-state index is 13.0. The first kappa shape index (κ1) is 24.5. The molecule has 2 aliphatic rings. The Morgan fingerprint density at radius 3 is 2.03 bits per heavy atom. The van der Waals surface area contributed by atoms with Gasteiger partial charge < -0.3 is 0 Å². The first-order valence-electron chi connectivity index (χ1n) is 13.6. The average Bonchev–Trinajstić information content (AvgIpc) is 2.81. The maximum Gasteiger partial charge on any atom is 0.123 e. The third-order valence-corrected chi connectivity index (χ3v) is 8.18. The monoisotopic (exact) mass is 426 g/mol. The summed E-state index contributed by atoms with van der Waals surface area (Å²) in [4.78, 5) is 0. The molecule has 0 spiro atoms. The van der Waals surface area contributed by atoms with Gasteiger partial charge in [-0.3, -0.25) is 0 Å². The summed E-state index contributed by atoms with van der Waals surface area (Å²) in [5.41, 5.74) is 2.90. The van der Waals surface area contributed by atoms with E-state index in [1.807, 2.05) is 12.1 Å². The van der Waals surface area contributed by atoms with Gasteiger partial charge in [-0.05, 0) is 74.0 Å². The van der Waals surface area contributed by atoms with Crippen LogP contribution in [0.1, 0.15) is 122 Å². The van der Waals surface area contributed by atoms with Crippen molar-refractivity contribution >= 4 is 0 Å². The molecular weight excluding hydrogens is 379 g/mol. The van der Waals surface area contributed by atoms with Gasteiger partial charge in [0.15, 0.2) is 0 Å². The summed E-state index contributed by atoms with van der Waals surface area (Å²) in [6, 6.07) is 7.04. The van der Waals surface area contributed by atoms with Crippen LogP contribution in [-0.2, 0) is 6.42 Å². The molecule has 0 saturated heterocycles. The van der Waals surface area contributed by atoms with Crippen molar-refractivity contribution < 1.29 is 4.39 Å². The second-order valence-electron chi connectivity index (χ2n) is 10.6. The minimum atomic E-state index is -0.130. The van der Waals surface area contributed by atoms with Crippen molar-refractivity contribution in [1.82, 2.24) is 0 Å². The van der Waals surface area contributed by atoms with Crippen LogP contribution < -0.4 is 0 Å². The zero-order valence-corrected chi connectivity index (χ0v) is 20.2. The highest BCUT2D eigenvalue weighted by atomic mass is 19.1. The molecule has 2 aliphatic carbocycles. The molecule has 1 heteroatoms. The normalized spacial score (nSPS) is 24.2. The number of benzene rings is 1.